The second-order valence-corrected chi connectivity index (χ2v) is 7.36. The Morgan fingerprint density at radius 1 is 1.06 bits per heavy atom. The third-order valence-electron chi connectivity index (χ3n) is 6.49. The molecule has 2 aliphatic carbocycles. The predicted molar refractivity (Wildman–Crippen MR) is 71.3 cm³/mol. The van der Waals surface area contributed by atoms with Crippen LogP contribution >= 0.6 is 0 Å². The summed E-state index contributed by atoms with van der Waals surface area (Å²) >= 11 is 0. The van der Waals surface area contributed by atoms with Gasteiger partial charge in [0, 0.05) is 31.0 Å². The van der Waals surface area contributed by atoms with E-state index in [2.05, 4.69) is 11.8 Å². The van der Waals surface area contributed by atoms with Crippen LogP contribution in [0.5, 0.6) is 0 Å². The number of hydrogen-bond donors (Lipinski definition) is 0. The first-order valence-corrected chi connectivity index (χ1v) is 8.01. The molecule has 4 bridgehead atoms. The number of carbonyl (C=O) groups is 1. The van der Waals surface area contributed by atoms with Crippen molar-refractivity contribution in [2.45, 2.75) is 76.4 Å². The third-order valence-corrected chi connectivity index (χ3v) is 6.49. The van der Waals surface area contributed by atoms with Gasteiger partial charge in [-0.1, -0.05) is 6.42 Å². The van der Waals surface area contributed by atoms with Crippen molar-refractivity contribution in [1.29, 1.82) is 0 Å². The summed E-state index contributed by atoms with van der Waals surface area (Å²) in [4.78, 5) is 14.5. The second kappa shape index (κ2) is 4.06. The molecule has 0 aromatic heterocycles. The second-order valence-electron chi connectivity index (χ2n) is 7.36. The van der Waals surface area contributed by atoms with Gasteiger partial charge in [0.15, 0.2) is 0 Å². The van der Waals surface area contributed by atoms with Crippen LogP contribution in [0.1, 0.15) is 58.3 Å². The van der Waals surface area contributed by atoms with Crippen LogP contribution in [-0.2, 0) is 4.79 Å². The third kappa shape index (κ3) is 1.61. The fourth-order valence-electron chi connectivity index (χ4n) is 5.78. The molecule has 2 aliphatic heterocycles. The van der Waals surface area contributed by atoms with Crippen LogP contribution in [0, 0.1) is 17.8 Å². The van der Waals surface area contributed by atoms with Gasteiger partial charge in [-0.15, -0.1) is 0 Å². The van der Waals surface area contributed by atoms with E-state index in [0.717, 1.165) is 36.6 Å². The maximum atomic E-state index is 11.7. The zero-order chi connectivity index (χ0) is 12.3. The van der Waals surface area contributed by atoms with E-state index in [1.165, 1.54) is 38.5 Å². The highest BCUT2D eigenvalue weighted by Gasteiger charge is 2.48. The number of Topliss-reactive ketones (excluding diaryl/α,β-unsaturated/α-hetero) is 1. The highest BCUT2D eigenvalue weighted by Crippen LogP contribution is 2.51. The molecule has 0 amide bonds. The summed E-state index contributed by atoms with van der Waals surface area (Å²) in [7, 11) is 0. The first-order valence-electron chi connectivity index (χ1n) is 8.01. The van der Waals surface area contributed by atoms with E-state index in [1.54, 1.807) is 0 Å². The molecule has 6 unspecified atom stereocenters. The number of rotatable bonds is 2. The van der Waals surface area contributed by atoms with E-state index in [-0.39, 0.29) is 0 Å². The maximum absolute atomic E-state index is 11.7. The fraction of sp³-hybridized carbons (Fsp3) is 0.938. The molecule has 0 radical (unpaired) electrons. The smallest absolute Gasteiger partial charge is 0.136 e. The monoisotopic (exact) mass is 247 g/mol. The highest BCUT2D eigenvalue weighted by molar-refractivity contribution is 5.81. The minimum atomic E-state index is 0.527. The summed E-state index contributed by atoms with van der Waals surface area (Å²) in [5.74, 6) is 3.53. The maximum Gasteiger partial charge on any atom is 0.136 e. The first kappa shape index (κ1) is 11.5. The van der Waals surface area contributed by atoms with Gasteiger partial charge < -0.3 is 0 Å². The zero-order valence-corrected chi connectivity index (χ0v) is 11.5. The zero-order valence-electron chi connectivity index (χ0n) is 11.5. The molecule has 2 nitrogen and oxygen atoms in total. The van der Waals surface area contributed by atoms with Gasteiger partial charge >= 0.3 is 0 Å². The Morgan fingerprint density at radius 2 is 1.78 bits per heavy atom. The minimum Gasteiger partial charge on any atom is -0.300 e. The number of carbonyl (C=O) groups excluding carboxylic acids is 1. The SMILES string of the molecule is CC(C1CC2CCC1C2)N1C2CCC1CC(=O)C2. The van der Waals surface area contributed by atoms with E-state index in [0.29, 0.717) is 17.9 Å². The van der Waals surface area contributed by atoms with Gasteiger partial charge in [0.1, 0.15) is 5.78 Å². The fourth-order valence-corrected chi connectivity index (χ4v) is 5.78. The molecule has 18 heavy (non-hydrogen) atoms. The lowest BCUT2D eigenvalue weighted by molar-refractivity contribution is -0.124. The predicted octanol–water partition coefficient (Wildman–Crippen LogP) is 3.01. The Balaban J connectivity index is 1.52. The van der Waals surface area contributed by atoms with E-state index in [1.807, 2.05) is 0 Å². The lowest BCUT2D eigenvalue weighted by atomic mass is 9.82. The van der Waals surface area contributed by atoms with Crippen molar-refractivity contribution in [2.24, 2.45) is 17.8 Å². The van der Waals surface area contributed by atoms with Gasteiger partial charge in [-0.3, -0.25) is 9.69 Å². The van der Waals surface area contributed by atoms with Crippen LogP contribution in [0.4, 0.5) is 0 Å². The van der Waals surface area contributed by atoms with Gasteiger partial charge in [-0.2, -0.15) is 0 Å². The Kier molecular flexibility index (Phi) is 2.58. The molecule has 4 fully saturated rings. The van der Waals surface area contributed by atoms with Crippen LogP contribution in [0.3, 0.4) is 0 Å². The Hall–Kier alpha value is -0.370. The van der Waals surface area contributed by atoms with Crippen molar-refractivity contribution in [2.75, 3.05) is 0 Å². The van der Waals surface area contributed by atoms with Crippen molar-refractivity contribution in [3.63, 3.8) is 0 Å². The van der Waals surface area contributed by atoms with E-state index >= 15 is 0 Å². The van der Waals surface area contributed by atoms with Crippen molar-refractivity contribution in [3.05, 3.63) is 0 Å². The van der Waals surface area contributed by atoms with E-state index < -0.39 is 0 Å². The largest absolute Gasteiger partial charge is 0.300 e. The average Bonchev–Trinajstić information content (AvgIpc) is 3.02. The molecule has 2 saturated carbocycles. The highest BCUT2D eigenvalue weighted by atomic mass is 16.1. The summed E-state index contributed by atoms with van der Waals surface area (Å²) in [5.41, 5.74) is 0. The summed E-state index contributed by atoms with van der Waals surface area (Å²) in [6.45, 7) is 2.46. The molecule has 0 spiro atoms. The Morgan fingerprint density at radius 3 is 2.33 bits per heavy atom. The molecule has 2 heterocycles. The van der Waals surface area contributed by atoms with Crippen LogP contribution in [0.25, 0.3) is 0 Å². The van der Waals surface area contributed by atoms with Gasteiger partial charge in [0.05, 0.1) is 0 Å². The summed E-state index contributed by atoms with van der Waals surface area (Å²) in [6.07, 6.45) is 10.2. The molecule has 4 aliphatic rings. The van der Waals surface area contributed by atoms with E-state index in [4.69, 9.17) is 0 Å². The van der Waals surface area contributed by atoms with Crippen molar-refractivity contribution >= 4 is 5.78 Å². The van der Waals surface area contributed by atoms with Crippen LogP contribution in [0.2, 0.25) is 0 Å². The Labute approximate surface area is 110 Å². The number of piperidine rings is 1. The van der Waals surface area contributed by atoms with Gasteiger partial charge in [0.25, 0.3) is 0 Å². The quantitative estimate of drug-likeness (QED) is 0.747. The number of nitrogens with zero attached hydrogens (tertiary/aromatic N) is 1. The van der Waals surface area contributed by atoms with Crippen LogP contribution < -0.4 is 0 Å². The number of fused-ring (bicyclic) bond motifs is 4. The van der Waals surface area contributed by atoms with Crippen LogP contribution in [0.15, 0.2) is 0 Å². The topological polar surface area (TPSA) is 20.3 Å². The molecule has 100 valence electrons. The first-order chi connectivity index (χ1) is 8.72. The van der Waals surface area contributed by atoms with Crippen molar-refractivity contribution < 1.29 is 4.79 Å². The summed E-state index contributed by atoms with van der Waals surface area (Å²) < 4.78 is 0. The Bertz CT molecular complexity index is 350. The minimum absolute atomic E-state index is 0.527. The lowest BCUT2D eigenvalue weighted by Gasteiger charge is -2.43. The van der Waals surface area contributed by atoms with E-state index in [9.17, 15) is 4.79 Å². The number of ketones is 1. The molecule has 2 heteroatoms. The van der Waals surface area contributed by atoms with Gasteiger partial charge in [0.2, 0.25) is 0 Å². The summed E-state index contributed by atoms with van der Waals surface area (Å²) in [5, 5.41) is 0. The molecular weight excluding hydrogens is 222 g/mol. The normalized spacial score (nSPS) is 48.9. The van der Waals surface area contributed by atoms with Gasteiger partial charge in [-0.05, 0) is 56.8 Å². The molecular formula is C16H25NO. The molecule has 6 atom stereocenters. The number of hydrogen-bond acceptors (Lipinski definition) is 2. The summed E-state index contributed by atoms with van der Waals surface area (Å²) in [6, 6.07) is 1.95. The van der Waals surface area contributed by atoms with Crippen LogP contribution in [-0.4, -0.2) is 28.8 Å². The average molecular weight is 247 g/mol. The molecule has 0 N–H and O–H groups in total. The van der Waals surface area contributed by atoms with Crippen molar-refractivity contribution in [1.82, 2.24) is 4.90 Å². The molecule has 0 aromatic rings. The molecule has 2 saturated heterocycles. The molecule has 0 aromatic carbocycles. The lowest BCUT2D eigenvalue weighted by Crippen LogP contribution is -2.51. The van der Waals surface area contributed by atoms with Crippen molar-refractivity contribution in [3.8, 4) is 0 Å². The standard InChI is InChI=1S/C16H25NO/c1-10(16-7-11-2-3-12(16)6-11)17-13-4-5-14(17)9-15(18)8-13/h10-14,16H,2-9H2,1H3. The van der Waals surface area contributed by atoms with Gasteiger partial charge in [-0.25, -0.2) is 0 Å². The molecule has 4 rings (SSSR count).